The molecule has 0 aliphatic carbocycles. The molecule has 4 rings (SSSR count). The summed E-state index contributed by atoms with van der Waals surface area (Å²) in [6.07, 6.45) is 2.27. The molecule has 1 atom stereocenters. The minimum atomic E-state index is -0.372. The molecule has 1 aliphatic heterocycles. The highest BCUT2D eigenvalue weighted by Gasteiger charge is 2.39. The Hall–Kier alpha value is -3.34. The third-order valence-electron chi connectivity index (χ3n) is 5.18. The Labute approximate surface area is 165 Å². The number of aryl methyl sites for hydroxylation is 2. The van der Waals surface area contributed by atoms with Gasteiger partial charge in [0.05, 0.1) is 18.4 Å². The quantitative estimate of drug-likeness (QED) is 0.702. The van der Waals surface area contributed by atoms with Gasteiger partial charge in [0.1, 0.15) is 5.75 Å². The van der Waals surface area contributed by atoms with Crippen molar-refractivity contribution in [2.24, 2.45) is 0 Å². The number of nitrogens with zero attached hydrogens (tertiary/aromatic N) is 2. The molecule has 5 nitrogen and oxygen atoms in total. The number of benzene rings is 2. The van der Waals surface area contributed by atoms with Gasteiger partial charge < -0.3 is 10.1 Å². The van der Waals surface area contributed by atoms with E-state index < -0.39 is 0 Å². The Kier molecular flexibility index (Phi) is 4.74. The van der Waals surface area contributed by atoms with E-state index in [1.807, 2.05) is 30.3 Å². The third-order valence-corrected chi connectivity index (χ3v) is 5.18. The fourth-order valence-electron chi connectivity index (χ4n) is 3.69. The lowest BCUT2D eigenvalue weighted by Crippen LogP contribution is -2.32. The lowest BCUT2D eigenvalue weighted by atomic mass is 10.1. The van der Waals surface area contributed by atoms with Crippen molar-refractivity contribution >= 4 is 17.3 Å². The number of carbonyl (C=O) groups is 1. The van der Waals surface area contributed by atoms with Crippen LogP contribution in [-0.2, 0) is 6.42 Å². The predicted molar refractivity (Wildman–Crippen MR) is 111 cm³/mol. The van der Waals surface area contributed by atoms with Gasteiger partial charge in [-0.1, -0.05) is 25.1 Å². The number of pyridine rings is 1. The number of amides is 1. The van der Waals surface area contributed by atoms with Gasteiger partial charge in [-0.15, -0.1) is 0 Å². The summed E-state index contributed by atoms with van der Waals surface area (Å²) in [5.41, 5.74) is 5.58. The van der Waals surface area contributed by atoms with E-state index in [-0.39, 0.29) is 12.1 Å². The van der Waals surface area contributed by atoms with E-state index >= 15 is 0 Å². The van der Waals surface area contributed by atoms with Crippen molar-refractivity contribution in [2.75, 3.05) is 17.3 Å². The van der Waals surface area contributed by atoms with Crippen LogP contribution in [0.5, 0.6) is 5.75 Å². The maximum atomic E-state index is 13.2. The van der Waals surface area contributed by atoms with E-state index in [1.165, 1.54) is 5.56 Å². The first-order valence-electron chi connectivity index (χ1n) is 9.41. The first-order chi connectivity index (χ1) is 13.6. The molecule has 0 unspecified atom stereocenters. The first-order valence-corrected chi connectivity index (χ1v) is 9.41. The van der Waals surface area contributed by atoms with Crippen molar-refractivity contribution in [1.29, 1.82) is 0 Å². The molecule has 0 saturated heterocycles. The molecule has 1 N–H and O–H groups in total. The minimum Gasteiger partial charge on any atom is -0.497 e. The molecule has 5 heteroatoms. The van der Waals surface area contributed by atoms with Gasteiger partial charge in [-0.3, -0.25) is 14.7 Å². The third kappa shape index (κ3) is 2.99. The predicted octanol–water partition coefficient (Wildman–Crippen LogP) is 4.73. The number of hydrogen-bond acceptors (Lipinski definition) is 4. The Morgan fingerprint density at radius 3 is 2.61 bits per heavy atom. The molecule has 0 spiro atoms. The Morgan fingerprint density at radius 1 is 1.11 bits per heavy atom. The molecule has 2 heterocycles. The van der Waals surface area contributed by atoms with E-state index in [2.05, 4.69) is 42.3 Å². The average Bonchev–Trinajstić information content (AvgIpc) is 3.01. The largest absolute Gasteiger partial charge is 0.497 e. The van der Waals surface area contributed by atoms with E-state index in [1.54, 1.807) is 24.3 Å². The molecule has 3 aromatic rings. The van der Waals surface area contributed by atoms with Gasteiger partial charge >= 0.3 is 0 Å². The molecule has 1 aliphatic rings. The molecule has 0 fully saturated rings. The van der Waals surface area contributed by atoms with Crippen LogP contribution in [0.15, 0.2) is 60.8 Å². The fourth-order valence-corrected chi connectivity index (χ4v) is 3.69. The second kappa shape index (κ2) is 7.35. The van der Waals surface area contributed by atoms with Crippen molar-refractivity contribution in [3.8, 4) is 5.75 Å². The van der Waals surface area contributed by atoms with Crippen molar-refractivity contribution in [1.82, 2.24) is 4.98 Å². The molecule has 142 valence electrons. The number of carbonyl (C=O) groups excluding carboxylic acids is 1. The molecule has 0 saturated carbocycles. The standard InChI is InChI=1S/C23H23N3O2/c1-4-16-8-5-7-15(2)20(16)25-22-21-19(9-6-14-24-21)23(27)26(22)17-10-12-18(28-3)13-11-17/h5-14,22,25H,4H2,1-3H3/t22-/m1/s1. The number of anilines is 2. The summed E-state index contributed by atoms with van der Waals surface area (Å²) in [7, 11) is 1.63. The van der Waals surface area contributed by atoms with Crippen molar-refractivity contribution in [3.63, 3.8) is 0 Å². The highest BCUT2D eigenvalue weighted by atomic mass is 16.5. The highest BCUT2D eigenvalue weighted by Crippen LogP contribution is 2.38. The number of methoxy groups -OCH3 is 1. The van der Waals surface area contributed by atoms with Crippen molar-refractivity contribution in [3.05, 3.63) is 83.2 Å². The van der Waals surface area contributed by atoms with Crippen LogP contribution < -0.4 is 15.0 Å². The Morgan fingerprint density at radius 2 is 1.89 bits per heavy atom. The van der Waals surface area contributed by atoms with Crippen LogP contribution in [0.4, 0.5) is 11.4 Å². The van der Waals surface area contributed by atoms with Gasteiger partial charge in [0.2, 0.25) is 0 Å². The van der Waals surface area contributed by atoms with Gasteiger partial charge in [0.25, 0.3) is 5.91 Å². The average molecular weight is 373 g/mol. The normalized spacial score (nSPS) is 15.5. The lowest BCUT2D eigenvalue weighted by molar-refractivity contribution is 0.0993. The SMILES string of the molecule is CCc1cccc(C)c1N[C@H]1c2ncccc2C(=O)N1c1ccc(OC)cc1. The number of nitrogens with one attached hydrogen (secondary N) is 1. The molecular weight excluding hydrogens is 350 g/mol. The summed E-state index contributed by atoms with van der Waals surface area (Å²) in [6.45, 7) is 4.21. The van der Waals surface area contributed by atoms with Crippen LogP contribution in [0.1, 0.15) is 40.3 Å². The molecule has 2 aromatic carbocycles. The number of aromatic nitrogens is 1. The fraction of sp³-hybridized carbons (Fsp3) is 0.217. The van der Waals surface area contributed by atoms with Gasteiger partial charge in [0.15, 0.2) is 6.17 Å². The topological polar surface area (TPSA) is 54.5 Å². The van der Waals surface area contributed by atoms with E-state index in [0.717, 1.165) is 34.8 Å². The van der Waals surface area contributed by atoms with Crippen LogP contribution in [-0.4, -0.2) is 18.0 Å². The zero-order chi connectivity index (χ0) is 19.7. The van der Waals surface area contributed by atoms with Crippen molar-refractivity contribution in [2.45, 2.75) is 26.4 Å². The number of hydrogen-bond donors (Lipinski definition) is 1. The summed E-state index contributed by atoms with van der Waals surface area (Å²) in [6, 6.07) is 17.4. The Balaban J connectivity index is 1.80. The maximum Gasteiger partial charge on any atom is 0.262 e. The van der Waals surface area contributed by atoms with Crippen molar-refractivity contribution < 1.29 is 9.53 Å². The number of fused-ring (bicyclic) bond motifs is 1. The van der Waals surface area contributed by atoms with Crippen LogP contribution in [0, 0.1) is 6.92 Å². The zero-order valence-corrected chi connectivity index (χ0v) is 16.3. The minimum absolute atomic E-state index is 0.0580. The smallest absolute Gasteiger partial charge is 0.262 e. The van der Waals surface area contributed by atoms with Crippen LogP contribution in [0.3, 0.4) is 0 Å². The molecule has 1 amide bonds. The molecular formula is C23H23N3O2. The number of ether oxygens (including phenoxy) is 1. The number of para-hydroxylation sites is 1. The summed E-state index contributed by atoms with van der Waals surface area (Å²) in [4.78, 5) is 19.5. The first kappa shape index (κ1) is 18.0. The van der Waals surface area contributed by atoms with Gasteiger partial charge in [-0.05, 0) is 60.9 Å². The lowest BCUT2D eigenvalue weighted by Gasteiger charge is -2.28. The molecule has 1 aromatic heterocycles. The Bertz CT molecular complexity index is 1010. The monoisotopic (exact) mass is 373 g/mol. The van der Waals surface area contributed by atoms with Gasteiger partial charge in [-0.2, -0.15) is 0 Å². The van der Waals surface area contributed by atoms with Crippen LogP contribution in [0.25, 0.3) is 0 Å². The van der Waals surface area contributed by atoms with E-state index in [4.69, 9.17) is 4.74 Å². The molecule has 0 bridgehead atoms. The van der Waals surface area contributed by atoms with Gasteiger partial charge in [0, 0.05) is 17.6 Å². The maximum absolute atomic E-state index is 13.2. The molecule has 0 radical (unpaired) electrons. The van der Waals surface area contributed by atoms with Gasteiger partial charge in [-0.25, -0.2) is 0 Å². The summed E-state index contributed by atoms with van der Waals surface area (Å²) in [5.74, 6) is 0.695. The number of rotatable bonds is 5. The zero-order valence-electron chi connectivity index (χ0n) is 16.3. The second-order valence-corrected chi connectivity index (χ2v) is 6.82. The summed E-state index contributed by atoms with van der Waals surface area (Å²) in [5, 5.41) is 3.60. The van der Waals surface area contributed by atoms with E-state index in [9.17, 15) is 4.79 Å². The van der Waals surface area contributed by atoms with E-state index in [0.29, 0.717) is 5.56 Å². The highest BCUT2D eigenvalue weighted by molar-refractivity contribution is 6.11. The molecule has 28 heavy (non-hydrogen) atoms. The second-order valence-electron chi connectivity index (χ2n) is 6.82. The van der Waals surface area contributed by atoms with Crippen LogP contribution >= 0.6 is 0 Å². The summed E-state index contributed by atoms with van der Waals surface area (Å²) < 4.78 is 5.26. The van der Waals surface area contributed by atoms with Crippen LogP contribution in [0.2, 0.25) is 0 Å². The summed E-state index contributed by atoms with van der Waals surface area (Å²) >= 11 is 0.